The number of amides is 2. The van der Waals surface area contributed by atoms with Gasteiger partial charge in [-0.25, -0.2) is 0 Å². The summed E-state index contributed by atoms with van der Waals surface area (Å²) >= 11 is 6.21. The Morgan fingerprint density at radius 1 is 1.33 bits per heavy atom. The molecule has 5 heteroatoms. The van der Waals surface area contributed by atoms with Gasteiger partial charge in [0.15, 0.2) is 0 Å². The Labute approximate surface area is 129 Å². The van der Waals surface area contributed by atoms with E-state index in [-0.39, 0.29) is 17.7 Å². The lowest BCUT2D eigenvalue weighted by Gasteiger charge is -2.46. The van der Waals surface area contributed by atoms with Gasteiger partial charge in [0.25, 0.3) is 0 Å². The maximum Gasteiger partial charge on any atom is 0.246 e. The second kappa shape index (κ2) is 5.02. The zero-order chi connectivity index (χ0) is 15.2. The summed E-state index contributed by atoms with van der Waals surface area (Å²) < 4.78 is 0. The largest absolute Gasteiger partial charge is 0.343 e. The number of nitrogens with one attached hydrogen (secondary N) is 1. The van der Waals surface area contributed by atoms with Crippen LogP contribution in [0.3, 0.4) is 0 Å². The van der Waals surface area contributed by atoms with Crippen LogP contribution < -0.4 is 5.32 Å². The van der Waals surface area contributed by atoms with E-state index in [1.807, 2.05) is 31.2 Å². The van der Waals surface area contributed by atoms with E-state index in [1.54, 1.807) is 11.8 Å². The van der Waals surface area contributed by atoms with E-state index in [1.165, 1.54) is 0 Å². The van der Waals surface area contributed by atoms with Crippen LogP contribution in [0.2, 0.25) is 5.02 Å². The predicted octanol–water partition coefficient (Wildman–Crippen LogP) is 2.36. The highest BCUT2D eigenvalue weighted by Gasteiger charge is 2.56. The van der Waals surface area contributed by atoms with Gasteiger partial charge in [-0.1, -0.05) is 29.8 Å². The van der Waals surface area contributed by atoms with Crippen molar-refractivity contribution >= 4 is 23.4 Å². The van der Waals surface area contributed by atoms with E-state index in [9.17, 15) is 9.59 Å². The molecule has 0 aromatic heterocycles. The van der Waals surface area contributed by atoms with Gasteiger partial charge in [0.1, 0.15) is 11.6 Å². The number of carbonyl (C=O) groups is 2. The lowest BCUT2D eigenvalue weighted by atomic mass is 9.88. The van der Waals surface area contributed by atoms with Crippen LogP contribution in [0.15, 0.2) is 24.3 Å². The molecule has 1 aromatic carbocycles. The van der Waals surface area contributed by atoms with Gasteiger partial charge in [-0.2, -0.15) is 0 Å². The van der Waals surface area contributed by atoms with Crippen molar-refractivity contribution in [2.75, 3.05) is 0 Å². The molecule has 1 aliphatic carbocycles. The quantitative estimate of drug-likeness (QED) is 0.932. The first kappa shape index (κ1) is 14.4. The molecule has 0 radical (unpaired) electrons. The van der Waals surface area contributed by atoms with Crippen LogP contribution in [0.25, 0.3) is 0 Å². The fourth-order valence-corrected chi connectivity index (χ4v) is 3.28. The molecule has 21 heavy (non-hydrogen) atoms. The van der Waals surface area contributed by atoms with Crippen molar-refractivity contribution in [2.45, 2.75) is 44.8 Å². The minimum Gasteiger partial charge on any atom is -0.343 e. The summed E-state index contributed by atoms with van der Waals surface area (Å²) in [5.74, 6) is 0.157. The average Bonchev–Trinajstić information content (AvgIpc) is 3.28. The van der Waals surface area contributed by atoms with Gasteiger partial charge in [0.05, 0.1) is 0 Å². The molecule has 1 saturated carbocycles. The van der Waals surface area contributed by atoms with Gasteiger partial charge >= 0.3 is 0 Å². The number of rotatable bonds is 3. The molecule has 1 N–H and O–H groups in total. The first-order chi connectivity index (χ1) is 9.94. The molecular weight excluding hydrogens is 288 g/mol. The van der Waals surface area contributed by atoms with Gasteiger partial charge in [-0.05, 0) is 44.2 Å². The number of halogens is 1. The van der Waals surface area contributed by atoms with Crippen LogP contribution in [0.1, 0.15) is 32.3 Å². The van der Waals surface area contributed by atoms with Gasteiger partial charge in [-0.15, -0.1) is 0 Å². The fourth-order valence-electron chi connectivity index (χ4n) is 3.08. The first-order valence-electron chi connectivity index (χ1n) is 7.30. The summed E-state index contributed by atoms with van der Waals surface area (Å²) in [5.41, 5.74) is 0.115. The van der Waals surface area contributed by atoms with Crippen molar-refractivity contribution in [1.82, 2.24) is 10.2 Å². The Morgan fingerprint density at radius 2 is 2.00 bits per heavy atom. The number of carbonyl (C=O) groups excluding carboxylic acids is 2. The summed E-state index contributed by atoms with van der Waals surface area (Å²) in [6.07, 6.45) is 1.98. The first-order valence-corrected chi connectivity index (χ1v) is 7.68. The van der Waals surface area contributed by atoms with Crippen molar-refractivity contribution < 1.29 is 9.59 Å². The van der Waals surface area contributed by atoms with Crippen LogP contribution in [0, 0.1) is 5.92 Å². The molecule has 2 unspecified atom stereocenters. The summed E-state index contributed by atoms with van der Waals surface area (Å²) in [6, 6.07) is 6.99. The van der Waals surface area contributed by atoms with Gasteiger partial charge in [0.2, 0.25) is 11.8 Å². The molecule has 2 amide bonds. The zero-order valence-electron chi connectivity index (χ0n) is 12.2. The molecule has 112 valence electrons. The monoisotopic (exact) mass is 306 g/mol. The Balaban J connectivity index is 1.97. The van der Waals surface area contributed by atoms with Crippen LogP contribution in [-0.4, -0.2) is 28.3 Å². The topological polar surface area (TPSA) is 49.4 Å². The molecule has 1 aromatic rings. The highest BCUT2D eigenvalue weighted by Crippen LogP contribution is 2.45. The molecule has 2 aliphatic rings. The Kier molecular flexibility index (Phi) is 3.44. The molecule has 2 fully saturated rings. The number of piperazine rings is 1. The van der Waals surface area contributed by atoms with Crippen molar-refractivity contribution in [3.8, 4) is 0 Å². The summed E-state index contributed by atoms with van der Waals surface area (Å²) in [6.45, 7) is 3.98. The maximum atomic E-state index is 12.6. The molecule has 1 saturated heterocycles. The van der Waals surface area contributed by atoms with Gasteiger partial charge in [-0.3, -0.25) is 9.59 Å². The Hall–Kier alpha value is -1.55. The van der Waals surface area contributed by atoms with E-state index in [2.05, 4.69) is 5.32 Å². The van der Waals surface area contributed by atoms with Gasteiger partial charge < -0.3 is 10.2 Å². The smallest absolute Gasteiger partial charge is 0.246 e. The van der Waals surface area contributed by atoms with E-state index < -0.39 is 11.6 Å². The second-order valence-electron chi connectivity index (χ2n) is 6.13. The summed E-state index contributed by atoms with van der Waals surface area (Å²) in [4.78, 5) is 26.8. The van der Waals surface area contributed by atoms with E-state index in [0.717, 1.165) is 18.4 Å². The van der Waals surface area contributed by atoms with Crippen LogP contribution >= 0.6 is 11.6 Å². The number of hydrogen-bond donors (Lipinski definition) is 1. The van der Waals surface area contributed by atoms with Crippen molar-refractivity contribution in [2.24, 2.45) is 5.92 Å². The minimum atomic E-state index is -0.761. The minimum absolute atomic E-state index is 0.0380. The zero-order valence-corrected chi connectivity index (χ0v) is 13.0. The third-order valence-electron chi connectivity index (χ3n) is 4.66. The molecule has 2 atom stereocenters. The Morgan fingerprint density at radius 3 is 2.62 bits per heavy atom. The number of hydrogen-bond acceptors (Lipinski definition) is 2. The lowest BCUT2D eigenvalue weighted by molar-refractivity contribution is -0.158. The molecule has 0 spiro atoms. The van der Waals surface area contributed by atoms with Crippen LogP contribution in [0.4, 0.5) is 0 Å². The standard InChI is InChI=1S/C16H19ClN2O2/c1-10-14(20)19(9-11-5-3-4-6-13(11)17)16(2,12-7-8-12)15(21)18-10/h3-6,10,12H,7-9H2,1-2H3,(H,18,21). The maximum absolute atomic E-state index is 12.6. The van der Waals surface area contributed by atoms with E-state index in [0.29, 0.717) is 11.6 Å². The molecule has 0 bridgehead atoms. The van der Waals surface area contributed by atoms with Crippen molar-refractivity contribution in [1.29, 1.82) is 0 Å². The molecule has 4 nitrogen and oxygen atoms in total. The SMILES string of the molecule is CC1NC(=O)C(C)(C2CC2)N(Cc2ccccc2Cl)C1=O. The van der Waals surface area contributed by atoms with Crippen LogP contribution in [0.5, 0.6) is 0 Å². The van der Waals surface area contributed by atoms with Crippen LogP contribution in [-0.2, 0) is 16.1 Å². The number of benzene rings is 1. The highest BCUT2D eigenvalue weighted by molar-refractivity contribution is 6.31. The van der Waals surface area contributed by atoms with Gasteiger partial charge in [0, 0.05) is 11.6 Å². The van der Waals surface area contributed by atoms with E-state index >= 15 is 0 Å². The third-order valence-corrected chi connectivity index (χ3v) is 5.03. The normalized spacial score (nSPS) is 29.5. The van der Waals surface area contributed by atoms with Crippen molar-refractivity contribution in [3.63, 3.8) is 0 Å². The molecule has 1 heterocycles. The van der Waals surface area contributed by atoms with Crippen molar-refractivity contribution in [3.05, 3.63) is 34.9 Å². The third kappa shape index (κ3) is 2.31. The predicted molar refractivity (Wildman–Crippen MR) is 80.7 cm³/mol. The molecule has 3 rings (SSSR count). The Bertz CT molecular complexity index is 600. The average molecular weight is 307 g/mol. The second-order valence-corrected chi connectivity index (χ2v) is 6.54. The molecule has 1 aliphatic heterocycles. The fraction of sp³-hybridized carbons (Fsp3) is 0.500. The summed E-state index contributed by atoms with van der Waals surface area (Å²) in [7, 11) is 0. The van der Waals surface area contributed by atoms with E-state index in [4.69, 9.17) is 11.6 Å². The number of nitrogens with zero attached hydrogens (tertiary/aromatic N) is 1. The molecular formula is C16H19ClN2O2. The lowest BCUT2D eigenvalue weighted by Crippen LogP contribution is -2.69. The highest BCUT2D eigenvalue weighted by atomic mass is 35.5. The summed E-state index contributed by atoms with van der Waals surface area (Å²) in [5, 5.41) is 3.44.